The molecule has 0 aliphatic heterocycles. The number of benzene rings is 1. The van der Waals surface area contributed by atoms with Crippen LogP contribution in [0.1, 0.15) is 33.3 Å². The molecule has 0 bridgehead atoms. The molecular weight excluding hydrogens is 344 g/mol. The minimum Gasteiger partial charge on any atom is -0.502 e. The van der Waals surface area contributed by atoms with Crippen LogP contribution in [0.3, 0.4) is 0 Å². The Morgan fingerprint density at radius 1 is 1.31 bits per heavy atom. The molecule has 0 aliphatic rings. The highest BCUT2D eigenvalue weighted by Crippen LogP contribution is 2.26. The van der Waals surface area contributed by atoms with E-state index >= 15 is 0 Å². The number of phenolic OH excluding ortho intramolecular Hbond substituents is 1. The minimum absolute atomic E-state index is 0.0510. The fourth-order valence-electron chi connectivity index (χ4n) is 1.98. The standard InChI is InChI=1S/C17H24N2O7/c1-5-25-15(21)12(18-16(22)26-10-17(2,3)4)8-11-6-7-14(20)13(9-11)19(23)24/h6-7,9,12,20H,5,8,10H2,1-4H3,(H,18,22). The van der Waals surface area contributed by atoms with E-state index in [1.807, 2.05) is 20.8 Å². The zero-order valence-electron chi connectivity index (χ0n) is 15.3. The number of amides is 1. The summed E-state index contributed by atoms with van der Waals surface area (Å²) in [5.74, 6) is -1.17. The summed E-state index contributed by atoms with van der Waals surface area (Å²) in [5.41, 5.74) is -0.349. The first-order chi connectivity index (χ1) is 12.0. The Morgan fingerprint density at radius 3 is 2.50 bits per heavy atom. The Hall–Kier alpha value is -2.84. The maximum Gasteiger partial charge on any atom is 0.407 e. The fraction of sp³-hybridized carbons (Fsp3) is 0.529. The Kier molecular flexibility index (Phi) is 7.36. The SMILES string of the molecule is CCOC(=O)C(Cc1ccc(O)c([N+](=O)[O-])c1)NC(=O)OCC(C)(C)C. The Bertz CT molecular complexity index is 668. The normalized spacial score (nSPS) is 12.2. The molecule has 1 aromatic rings. The smallest absolute Gasteiger partial charge is 0.407 e. The predicted molar refractivity (Wildman–Crippen MR) is 92.8 cm³/mol. The van der Waals surface area contributed by atoms with Crippen molar-refractivity contribution in [3.05, 3.63) is 33.9 Å². The van der Waals surface area contributed by atoms with Crippen LogP contribution in [0.2, 0.25) is 0 Å². The number of nitro benzene ring substituents is 1. The molecule has 1 amide bonds. The van der Waals surface area contributed by atoms with Gasteiger partial charge in [-0.15, -0.1) is 0 Å². The van der Waals surface area contributed by atoms with Crippen LogP contribution in [0.4, 0.5) is 10.5 Å². The quantitative estimate of drug-likeness (QED) is 0.430. The summed E-state index contributed by atoms with van der Waals surface area (Å²) in [4.78, 5) is 34.2. The maximum absolute atomic E-state index is 12.1. The van der Waals surface area contributed by atoms with Gasteiger partial charge in [0.25, 0.3) is 0 Å². The summed E-state index contributed by atoms with van der Waals surface area (Å²) < 4.78 is 10.0. The van der Waals surface area contributed by atoms with Crippen LogP contribution < -0.4 is 5.32 Å². The summed E-state index contributed by atoms with van der Waals surface area (Å²) in [6, 6.07) is 2.65. The lowest BCUT2D eigenvalue weighted by molar-refractivity contribution is -0.385. The number of esters is 1. The van der Waals surface area contributed by atoms with Crippen molar-refractivity contribution in [3.8, 4) is 5.75 Å². The van der Waals surface area contributed by atoms with E-state index in [1.165, 1.54) is 6.07 Å². The van der Waals surface area contributed by atoms with Crippen LogP contribution in [0, 0.1) is 15.5 Å². The molecule has 9 nitrogen and oxygen atoms in total. The molecule has 0 aliphatic carbocycles. The monoisotopic (exact) mass is 368 g/mol. The lowest BCUT2D eigenvalue weighted by atomic mass is 9.99. The molecule has 0 heterocycles. The summed E-state index contributed by atoms with van der Waals surface area (Å²) in [5, 5.41) is 22.8. The van der Waals surface area contributed by atoms with Gasteiger partial charge in [0, 0.05) is 12.5 Å². The minimum atomic E-state index is -1.08. The second-order valence-corrected chi connectivity index (χ2v) is 6.87. The van der Waals surface area contributed by atoms with Gasteiger partial charge >= 0.3 is 17.7 Å². The van der Waals surface area contributed by atoms with Gasteiger partial charge in [0.2, 0.25) is 0 Å². The van der Waals surface area contributed by atoms with Gasteiger partial charge in [0.15, 0.2) is 5.75 Å². The van der Waals surface area contributed by atoms with Crippen molar-refractivity contribution < 1.29 is 29.1 Å². The zero-order valence-corrected chi connectivity index (χ0v) is 15.3. The van der Waals surface area contributed by atoms with Gasteiger partial charge in [-0.05, 0) is 24.0 Å². The highest BCUT2D eigenvalue weighted by molar-refractivity contribution is 5.81. The van der Waals surface area contributed by atoms with Gasteiger partial charge < -0.3 is 19.9 Å². The first kappa shape index (κ1) is 21.2. The average molecular weight is 368 g/mol. The third-order valence-corrected chi connectivity index (χ3v) is 3.18. The number of carbonyl (C=O) groups is 2. The van der Waals surface area contributed by atoms with Crippen molar-refractivity contribution >= 4 is 17.7 Å². The molecule has 0 radical (unpaired) electrons. The number of nitrogens with one attached hydrogen (secondary N) is 1. The third kappa shape index (κ3) is 6.96. The summed E-state index contributed by atoms with van der Waals surface area (Å²) in [7, 11) is 0. The van der Waals surface area contributed by atoms with Crippen LogP contribution in [0.25, 0.3) is 0 Å². The fourth-order valence-corrected chi connectivity index (χ4v) is 1.98. The maximum atomic E-state index is 12.1. The number of hydrogen-bond acceptors (Lipinski definition) is 7. The highest BCUT2D eigenvalue weighted by Gasteiger charge is 2.25. The molecule has 0 saturated heterocycles. The lowest BCUT2D eigenvalue weighted by Crippen LogP contribution is -2.44. The molecule has 1 aromatic carbocycles. The Labute approximate surface area is 151 Å². The molecule has 1 unspecified atom stereocenters. The molecule has 144 valence electrons. The van der Waals surface area contributed by atoms with Crippen molar-refractivity contribution in [2.75, 3.05) is 13.2 Å². The van der Waals surface area contributed by atoms with Crippen LogP contribution in [-0.2, 0) is 20.7 Å². The van der Waals surface area contributed by atoms with E-state index in [2.05, 4.69) is 5.32 Å². The van der Waals surface area contributed by atoms with Gasteiger partial charge in [0.05, 0.1) is 18.1 Å². The molecule has 0 fully saturated rings. The van der Waals surface area contributed by atoms with Gasteiger partial charge in [-0.25, -0.2) is 9.59 Å². The highest BCUT2D eigenvalue weighted by atomic mass is 16.6. The summed E-state index contributed by atoms with van der Waals surface area (Å²) in [6.45, 7) is 7.55. The molecule has 1 atom stereocenters. The van der Waals surface area contributed by atoms with E-state index in [9.17, 15) is 24.8 Å². The van der Waals surface area contributed by atoms with E-state index in [4.69, 9.17) is 9.47 Å². The molecule has 2 N–H and O–H groups in total. The van der Waals surface area contributed by atoms with Crippen LogP contribution in [-0.4, -0.2) is 41.3 Å². The predicted octanol–water partition coefficient (Wildman–Crippen LogP) is 2.55. The van der Waals surface area contributed by atoms with E-state index in [1.54, 1.807) is 6.92 Å². The number of ether oxygens (including phenoxy) is 2. The van der Waals surface area contributed by atoms with E-state index in [0.29, 0.717) is 5.56 Å². The lowest BCUT2D eigenvalue weighted by Gasteiger charge is -2.21. The third-order valence-electron chi connectivity index (χ3n) is 3.18. The number of nitrogens with zero attached hydrogens (tertiary/aromatic N) is 1. The number of aromatic hydroxyl groups is 1. The molecule has 9 heteroatoms. The molecular formula is C17H24N2O7. The molecule has 0 saturated carbocycles. The second-order valence-electron chi connectivity index (χ2n) is 6.87. The van der Waals surface area contributed by atoms with Crippen molar-refractivity contribution in [2.45, 2.75) is 40.2 Å². The number of carbonyl (C=O) groups excluding carboxylic acids is 2. The number of rotatable bonds is 7. The van der Waals surface area contributed by atoms with E-state index in [-0.39, 0.29) is 25.0 Å². The molecule has 26 heavy (non-hydrogen) atoms. The molecule has 1 rings (SSSR count). The number of alkyl carbamates (subject to hydrolysis) is 1. The summed E-state index contributed by atoms with van der Waals surface area (Å²) in [6.07, 6.45) is -0.837. The number of hydrogen-bond donors (Lipinski definition) is 2. The van der Waals surface area contributed by atoms with Crippen molar-refractivity contribution in [1.29, 1.82) is 0 Å². The van der Waals surface area contributed by atoms with Gasteiger partial charge in [-0.2, -0.15) is 0 Å². The van der Waals surface area contributed by atoms with E-state index in [0.717, 1.165) is 12.1 Å². The number of phenols is 1. The Morgan fingerprint density at radius 2 is 1.96 bits per heavy atom. The molecule has 0 aromatic heterocycles. The van der Waals surface area contributed by atoms with Gasteiger partial charge in [-0.3, -0.25) is 10.1 Å². The first-order valence-electron chi connectivity index (χ1n) is 8.09. The van der Waals surface area contributed by atoms with Gasteiger partial charge in [0.1, 0.15) is 6.04 Å². The van der Waals surface area contributed by atoms with Gasteiger partial charge in [-0.1, -0.05) is 26.8 Å². The number of nitro groups is 1. The zero-order chi connectivity index (χ0) is 19.9. The van der Waals surface area contributed by atoms with Crippen molar-refractivity contribution in [3.63, 3.8) is 0 Å². The van der Waals surface area contributed by atoms with Crippen LogP contribution in [0.15, 0.2) is 18.2 Å². The average Bonchev–Trinajstić information content (AvgIpc) is 2.53. The molecule has 0 spiro atoms. The van der Waals surface area contributed by atoms with Crippen molar-refractivity contribution in [2.24, 2.45) is 5.41 Å². The van der Waals surface area contributed by atoms with Crippen LogP contribution in [0.5, 0.6) is 5.75 Å². The topological polar surface area (TPSA) is 128 Å². The van der Waals surface area contributed by atoms with E-state index < -0.39 is 34.5 Å². The van der Waals surface area contributed by atoms with Crippen LogP contribution >= 0.6 is 0 Å². The summed E-state index contributed by atoms with van der Waals surface area (Å²) >= 11 is 0. The van der Waals surface area contributed by atoms with Crippen molar-refractivity contribution in [1.82, 2.24) is 5.32 Å². The first-order valence-corrected chi connectivity index (χ1v) is 8.09. The largest absolute Gasteiger partial charge is 0.502 e. The Balaban J connectivity index is 2.90. The second kappa shape index (κ2) is 9.02.